The first-order valence-electron chi connectivity index (χ1n) is 8.80. The molecule has 2 aromatic rings. The molecule has 9 heteroatoms. The summed E-state index contributed by atoms with van der Waals surface area (Å²) in [6.45, 7) is 7.03. The quantitative estimate of drug-likeness (QED) is 0.705. The summed E-state index contributed by atoms with van der Waals surface area (Å²) in [4.78, 5) is 45.1. The number of H-pyrrole nitrogens is 2. The van der Waals surface area contributed by atoms with Gasteiger partial charge >= 0.3 is 0 Å². The molecule has 0 bridgehead atoms. The van der Waals surface area contributed by atoms with Gasteiger partial charge in [-0.15, -0.1) is 0 Å². The number of nitrogens with two attached hydrogens (primary N) is 1. The molecule has 0 radical (unpaired) electrons. The van der Waals surface area contributed by atoms with Crippen LogP contribution in [0.25, 0.3) is 11.0 Å². The van der Waals surface area contributed by atoms with E-state index < -0.39 is 6.04 Å². The number of carbonyl (C=O) groups excluding carboxylic acids is 2. The van der Waals surface area contributed by atoms with E-state index in [1.165, 1.54) is 4.90 Å². The Kier molecular flexibility index (Phi) is 4.82. The van der Waals surface area contributed by atoms with E-state index in [1.54, 1.807) is 17.9 Å². The number of hydrogen-bond acceptors (Lipinski definition) is 5. The van der Waals surface area contributed by atoms with Crippen molar-refractivity contribution in [3.8, 4) is 0 Å². The van der Waals surface area contributed by atoms with Gasteiger partial charge in [0, 0.05) is 25.7 Å². The van der Waals surface area contributed by atoms with E-state index in [9.17, 15) is 14.4 Å². The predicted molar refractivity (Wildman–Crippen MR) is 96.8 cm³/mol. The predicted octanol–water partition coefficient (Wildman–Crippen LogP) is -0.0302. The van der Waals surface area contributed by atoms with Gasteiger partial charge in [0.15, 0.2) is 5.65 Å². The van der Waals surface area contributed by atoms with Crippen LogP contribution in [0.4, 0.5) is 0 Å². The highest BCUT2D eigenvalue weighted by molar-refractivity contribution is 5.98. The first-order chi connectivity index (χ1) is 12.4. The van der Waals surface area contributed by atoms with Crippen molar-refractivity contribution in [2.45, 2.75) is 39.3 Å². The summed E-state index contributed by atoms with van der Waals surface area (Å²) in [6.07, 6.45) is 0.434. The van der Waals surface area contributed by atoms with Crippen molar-refractivity contribution in [1.29, 1.82) is 0 Å². The first kappa shape index (κ1) is 18.1. The van der Waals surface area contributed by atoms with Crippen molar-refractivity contribution < 1.29 is 9.59 Å². The third-order valence-electron chi connectivity index (χ3n) is 4.91. The topological polar surface area (TPSA) is 128 Å². The van der Waals surface area contributed by atoms with Crippen LogP contribution >= 0.6 is 0 Å². The Hall–Kier alpha value is -2.68. The van der Waals surface area contributed by atoms with E-state index in [2.05, 4.69) is 15.2 Å². The highest BCUT2D eigenvalue weighted by Crippen LogP contribution is 2.22. The van der Waals surface area contributed by atoms with Crippen molar-refractivity contribution >= 4 is 22.8 Å². The lowest BCUT2D eigenvalue weighted by molar-refractivity contribution is -0.134. The summed E-state index contributed by atoms with van der Waals surface area (Å²) in [5.41, 5.74) is 6.93. The normalized spacial score (nSPS) is 19.9. The third-order valence-corrected chi connectivity index (χ3v) is 4.91. The zero-order chi connectivity index (χ0) is 19.0. The molecular formula is C17H24N6O3. The van der Waals surface area contributed by atoms with Crippen LogP contribution in [0, 0.1) is 6.92 Å². The van der Waals surface area contributed by atoms with E-state index in [0.29, 0.717) is 42.7 Å². The van der Waals surface area contributed by atoms with Gasteiger partial charge in [-0.2, -0.15) is 0 Å². The van der Waals surface area contributed by atoms with Gasteiger partial charge < -0.3 is 15.5 Å². The average Bonchev–Trinajstić information content (AvgIpc) is 3.18. The number of aromatic nitrogens is 3. The zero-order valence-electron chi connectivity index (χ0n) is 15.2. The Bertz CT molecular complexity index is 898. The maximum atomic E-state index is 13.0. The van der Waals surface area contributed by atoms with Crippen LogP contribution < -0.4 is 11.3 Å². The second-order valence-electron chi connectivity index (χ2n) is 6.61. The van der Waals surface area contributed by atoms with E-state index in [-0.39, 0.29) is 29.1 Å². The lowest BCUT2D eigenvalue weighted by atomic mass is 10.1. The monoisotopic (exact) mass is 360 g/mol. The van der Waals surface area contributed by atoms with Gasteiger partial charge in [-0.25, -0.2) is 4.98 Å². The third kappa shape index (κ3) is 2.98. The van der Waals surface area contributed by atoms with Gasteiger partial charge in [0.2, 0.25) is 5.91 Å². The average molecular weight is 360 g/mol. The second-order valence-corrected chi connectivity index (χ2v) is 6.61. The molecule has 1 aliphatic heterocycles. The molecule has 0 aliphatic carbocycles. The molecule has 3 rings (SSSR count). The minimum absolute atomic E-state index is 0.0934. The number of pyridine rings is 1. The Morgan fingerprint density at radius 1 is 1.35 bits per heavy atom. The Balaban J connectivity index is 1.95. The summed E-state index contributed by atoms with van der Waals surface area (Å²) in [6, 6.07) is 0.747. The molecule has 1 saturated heterocycles. The van der Waals surface area contributed by atoms with Gasteiger partial charge in [-0.3, -0.25) is 24.6 Å². The summed E-state index contributed by atoms with van der Waals surface area (Å²) < 4.78 is 0. The molecule has 0 spiro atoms. The van der Waals surface area contributed by atoms with Crippen molar-refractivity contribution in [3.05, 3.63) is 27.7 Å². The zero-order valence-corrected chi connectivity index (χ0v) is 15.2. The Morgan fingerprint density at radius 2 is 2.04 bits per heavy atom. The van der Waals surface area contributed by atoms with Crippen LogP contribution in [0.5, 0.6) is 0 Å². The molecule has 3 heterocycles. The Labute approximate surface area is 150 Å². The Morgan fingerprint density at radius 3 is 2.69 bits per heavy atom. The number of rotatable bonds is 4. The largest absolute Gasteiger partial charge is 0.341 e. The van der Waals surface area contributed by atoms with Crippen LogP contribution in [-0.4, -0.2) is 68.5 Å². The molecule has 1 fully saturated rings. The molecule has 0 saturated carbocycles. The van der Waals surface area contributed by atoms with Crippen LogP contribution in [0.1, 0.15) is 36.3 Å². The van der Waals surface area contributed by atoms with Crippen LogP contribution in [0.2, 0.25) is 0 Å². The van der Waals surface area contributed by atoms with E-state index in [1.807, 2.05) is 13.8 Å². The highest BCUT2D eigenvalue weighted by atomic mass is 16.2. The minimum atomic E-state index is -0.583. The molecule has 2 amide bonds. The lowest BCUT2D eigenvalue weighted by Gasteiger charge is -2.28. The molecule has 2 aromatic heterocycles. The SMILES string of the molecule is CCN(CC)C(=O)[C@@H]1C[C@@H](N)CN1C(=O)c1cc(C)c2c(=O)[nH][nH]c2n1. The number of nitrogens with zero attached hydrogens (tertiary/aromatic N) is 3. The van der Waals surface area contributed by atoms with E-state index in [0.717, 1.165) is 0 Å². The second kappa shape index (κ2) is 6.91. The van der Waals surface area contributed by atoms with Crippen molar-refractivity contribution in [3.63, 3.8) is 0 Å². The maximum Gasteiger partial charge on any atom is 0.273 e. The number of likely N-dealkylation sites (tertiary alicyclic amines) is 1. The number of aromatic amines is 2. The summed E-state index contributed by atoms with van der Waals surface area (Å²) in [5.74, 6) is -0.445. The molecule has 1 aliphatic rings. The van der Waals surface area contributed by atoms with Gasteiger partial charge in [-0.05, 0) is 38.8 Å². The standard InChI is InChI=1S/C17H24N6O3/c1-4-22(5-2)17(26)12-7-10(18)8-23(12)16(25)11-6-9(3)13-14(19-11)20-21-15(13)24/h6,10,12H,4-5,7-8,18H2,1-3H3,(H2,19,20,21,24)/t10-,12+/m1/s1. The summed E-state index contributed by atoms with van der Waals surface area (Å²) in [5, 5.41) is 5.57. The number of carbonyl (C=O) groups is 2. The smallest absolute Gasteiger partial charge is 0.273 e. The molecule has 9 nitrogen and oxygen atoms in total. The van der Waals surface area contributed by atoms with Gasteiger partial charge in [0.1, 0.15) is 11.7 Å². The van der Waals surface area contributed by atoms with E-state index >= 15 is 0 Å². The van der Waals surface area contributed by atoms with Crippen molar-refractivity contribution in [1.82, 2.24) is 25.0 Å². The first-order valence-corrected chi connectivity index (χ1v) is 8.80. The summed E-state index contributed by atoms with van der Waals surface area (Å²) >= 11 is 0. The molecule has 140 valence electrons. The van der Waals surface area contributed by atoms with Gasteiger partial charge in [-0.1, -0.05) is 0 Å². The van der Waals surface area contributed by atoms with Gasteiger partial charge in [0.05, 0.1) is 5.39 Å². The fourth-order valence-corrected chi connectivity index (χ4v) is 3.56. The molecular weight excluding hydrogens is 336 g/mol. The summed E-state index contributed by atoms with van der Waals surface area (Å²) in [7, 11) is 0. The number of aryl methyl sites for hydroxylation is 1. The van der Waals surface area contributed by atoms with Crippen LogP contribution in [0.3, 0.4) is 0 Å². The molecule has 4 N–H and O–H groups in total. The van der Waals surface area contributed by atoms with Crippen molar-refractivity contribution in [2.75, 3.05) is 19.6 Å². The number of fused-ring (bicyclic) bond motifs is 1. The lowest BCUT2D eigenvalue weighted by Crippen LogP contribution is -2.47. The number of amides is 2. The molecule has 26 heavy (non-hydrogen) atoms. The fraction of sp³-hybridized carbons (Fsp3) is 0.529. The molecule has 0 aromatic carbocycles. The fourth-order valence-electron chi connectivity index (χ4n) is 3.56. The van der Waals surface area contributed by atoms with E-state index in [4.69, 9.17) is 5.73 Å². The maximum absolute atomic E-state index is 13.0. The van der Waals surface area contributed by atoms with Crippen LogP contribution in [-0.2, 0) is 4.79 Å². The molecule has 2 atom stereocenters. The van der Waals surface area contributed by atoms with Crippen molar-refractivity contribution in [2.24, 2.45) is 5.73 Å². The number of hydrogen-bond donors (Lipinski definition) is 3. The minimum Gasteiger partial charge on any atom is -0.341 e. The van der Waals surface area contributed by atoms with Crippen LogP contribution in [0.15, 0.2) is 10.9 Å². The molecule has 0 unspecified atom stereocenters. The number of nitrogens with one attached hydrogen (secondary N) is 2. The number of likely N-dealkylation sites (N-methyl/N-ethyl adjacent to an activating group) is 1. The van der Waals surface area contributed by atoms with Gasteiger partial charge in [0.25, 0.3) is 11.5 Å². The highest BCUT2D eigenvalue weighted by Gasteiger charge is 2.40.